The molecule has 0 aliphatic carbocycles. The summed E-state index contributed by atoms with van der Waals surface area (Å²) in [6, 6.07) is 17.9. The molecule has 0 aliphatic rings. The van der Waals surface area contributed by atoms with E-state index in [9.17, 15) is 8.78 Å². The maximum absolute atomic E-state index is 13.4. The minimum atomic E-state index is -0.301. The summed E-state index contributed by atoms with van der Waals surface area (Å²) in [5, 5.41) is 4.68. The average Bonchev–Trinajstić information content (AvgIpc) is 3.15. The summed E-state index contributed by atoms with van der Waals surface area (Å²) in [6.45, 7) is 0. The molecule has 2 aromatic carbocycles. The van der Waals surface area contributed by atoms with E-state index in [0.717, 1.165) is 22.4 Å². The van der Waals surface area contributed by atoms with Gasteiger partial charge in [-0.3, -0.25) is 9.67 Å². The van der Waals surface area contributed by atoms with E-state index in [1.54, 1.807) is 41.3 Å². The van der Waals surface area contributed by atoms with Crippen LogP contribution in [0.25, 0.3) is 11.3 Å². The number of hydrogen-bond acceptors (Lipinski definition) is 2. The second-order valence-electron chi connectivity index (χ2n) is 5.92. The molecule has 2 heterocycles. The first kappa shape index (κ1) is 16.1. The molecule has 0 saturated carbocycles. The van der Waals surface area contributed by atoms with Gasteiger partial charge in [0.25, 0.3) is 0 Å². The quantitative estimate of drug-likeness (QED) is 0.528. The Kier molecular flexibility index (Phi) is 4.27. The summed E-state index contributed by atoms with van der Waals surface area (Å²) in [6.07, 6.45) is 5.30. The molecule has 0 saturated heterocycles. The molecule has 0 amide bonds. The molecule has 26 heavy (non-hydrogen) atoms. The second-order valence-corrected chi connectivity index (χ2v) is 5.92. The first-order valence-electron chi connectivity index (χ1n) is 8.17. The van der Waals surface area contributed by atoms with Crippen molar-refractivity contribution < 1.29 is 8.78 Å². The number of benzene rings is 2. The molecule has 3 nitrogen and oxygen atoms in total. The molecule has 4 rings (SSSR count). The Morgan fingerprint density at radius 2 is 1.23 bits per heavy atom. The summed E-state index contributed by atoms with van der Waals surface area (Å²) in [7, 11) is 0. The van der Waals surface area contributed by atoms with Crippen LogP contribution < -0.4 is 0 Å². The van der Waals surface area contributed by atoms with Gasteiger partial charge in [0.05, 0.1) is 5.69 Å². The van der Waals surface area contributed by atoms with Gasteiger partial charge < -0.3 is 0 Å². The Morgan fingerprint density at radius 1 is 0.692 bits per heavy atom. The van der Waals surface area contributed by atoms with Crippen LogP contribution in [0, 0.1) is 11.6 Å². The Bertz CT molecular complexity index is 948. The zero-order valence-corrected chi connectivity index (χ0v) is 13.8. The lowest BCUT2D eigenvalue weighted by molar-refractivity contribution is 0.587. The van der Waals surface area contributed by atoms with Crippen molar-refractivity contribution in [1.29, 1.82) is 0 Å². The number of rotatable bonds is 4. The molecule has 128 valence electrons. The largest absolute Gasteiger partial charge is 0.265 e. The summed E-state index contributed by atoms with van der Waals surface area (Å²) in [5.41, 5.74) is 3.49. The summed E-state index contributed by atoms with van der Waals surface area (Å²) in [4.78, 5) is 4.02. The summed E-state index contributed by atoms with van der Waals surface area (Å²) >= 11 is 0. The maximum Gasteiger partial charge on any atom is 0.123 e. The highest BCUT2D eigenvalue weighted by molar-refractivity contribution is 5.57. The maximum atomic E-state index is 13.4. The number of hydrogen-bond donors (Lipinski definition) is 0. The molecular weight excluding hydrogens is 332 g/mol. The Morgan fingerprint density at radius 3 is 1.77 bits per heavy atom. The van der Waals surface area contributed by atoms with Crippen LogP contribution in [-0.4, -0.2) is 14.8 Å². The highest BCUT2D eigenvalue weighted by Crippen LogP contribution is 2.28. The fourth-order valence-corrected chi connectivity index (χ4v) is 2.95. The first-order valence-corrected chi connectivity index (χ1v) is 8.17. The van der Waals surface area contributed by atoms with E-state index in [0.29, 0.717) is 0 Å². The third-order valence-electron chi connectivity index (χ3n) is 4.22. The van der Waals surface area contributed by atoms with E-state index in [4.69, 9.17) is 0 Å². The smallest absolute Gasteiger partial charge is 0.123 e. The summed E-state index contributed by atoms with van der Waals surface area (Å²) < 4.78 is 28.5. The lowest BCUT2D eigenvalue weighted by Crippen LogP contribution is -2.13. The standard InChI is InChI=1S/C21H15F2N3/c22-18-5-1-16(2-6-18)21(17-3-7-19(23)8-4-17)26-14-11-20(25-26)15-9-12-24-13-10-15/h1-14,21H. The van der Waals surface area contributed by atoms with Crippen LogP contribution in [-0.2, 0) is 0 Å². The Labute approximate surface area is 149 Å². The van der Waals surface area contributed by atoms with E-state index < -0.39 is 0 Å². The van der Waals surface area contributed by atoms with Crippen LogP contribution >= 0.6 is 0 Å². The lowest BCUT2D eigenvalue weighted by Gasteiger charge is -2.19. The van der Waals surface area contributed by atoms with E-state index in [2.05, 4.69) is 10.1 Å². The van der Waals surface area contributed by atoms with Crippen molar-refractivity contribution in [3.8, 4) is 11.3 Å². The van der Waals surface area contributed by atoms with Gasteiger partial charge in [0, 0.05) is 24.2 Å². The molecule has 0 aliphatic heterocycles. The van der Waals surface area contributed by atoms with Gasteiger partial charge in [0.15, 0.2) is 0 Å². The Balaban J connectivity index is 1.79. The van der Waals surface area contributed by atoms with Crippen molar-refractivity contribution in [3.63, 3.8) is 0 Å². The van der Waals surface area contributed by atoms with Gasteiger partial charge in [-0.15, -0.1) is 0 Å². The lowest BCUT2D eigenvalue weighted by atomic mass is 9.99. The van der Waals surface area contributed by atoms with Gasteiger partial charge >= 0.3 is 0 Å². The fourth-order valence-electron chi connectivity index (χ4n) is 2.95. The van der Waals surface area contributed by atoms with Crippen LogP contribution in [0.1, 0.15) is 17.2 Å². The number of halogens is 2. The number of nitrogens with zero attached hydrogens (tertiary/aromatic N) is 3. The van der Waals surface area contributed by atoms with Crippen molar-refractivity contribution in [2.75, 3.05) is 0 Å². The van der Waals surface area contributed by atoms with Crippen molar-refractivity contribution >= 4 is 0 Å². The molecule has 5 heteroatoms. The highest BCUT2D eigenvalue weighted by Gasteiger charge is 2.18. The SMILES string of the molecule is Fc1ccc(C(c2ccc(F)cc2)n2ccc(-c3ccncc3)n2)cc1. The summed E-state index contributed by atoms with van der Waals surface area (Å²) in [5.74, 6) is -0.603. The van der Waals surface area contributed by atoms with Gasteiger partial charge in [-0.05, 0) is 53.6 Å². The topological polar surface area (TPSA) is 30.7 Å². The van der Waals surface area contributed by atoms with E-state index in [1.807, 2.05) is 24.4 Å². The third kappa shape index (κ3) is 3.24. The molecule has 0 atom stereocenters. The molecule has 0 fully saturated rings. The van der Waals surface area contributed by atoms with Gasteiger partial charge in [-0.2, -0.15) is 5.10 Å². The van der Waals surface area contributed by atoms with Crippen LogP contribution in [0.4, 0.5) is 8.78 Å². The molecule has 0 unspecified atom stereocenters. The van der Waals surface area contributed by atoms with Gasteiger partial charge in [-0.25, -0.2) is 8.78 Å². The van der Waals surface area contributed by atoms with Crippen molar-refractivity contribution in [1.82, 2.24) is 14.8 Å². The minimum absolute atomic E-state index is 0.285. The Hall–Kier alpha value is -3.34. The average molecular weight is 347 g/mol. The minimum Gasteiger partial charge on any atom is -0.265 e. The van der Waals surface area contributed by atoms with Crippen LogP contribution in [0.3, 0.4) is 0 Å². The molecule has 0 radical (unpaired) electrons. The molecule has 2 aromatic heterocycles. The zero-order valence-electron chi connectivity index (χ0n) is 13.8. The highest BCUT2D eigenvalue weighted by atomic mass is 19.1. The normalized spacial score (nSPS) is 11.0. The first-order chi connectivity index (χ1) is 12.7. The van der Waals surface area contributed by atoms with E-state index in [1.165, 1.54) is 24.3 Å². The van der Waals surface area contributed by atoms with Crippen molar-refractivity contribution in [3.05, 3.63) is 108 Å². The molecule has 0 N–H and O–H groups in total. The zero-order chi connectivity index (χ0) is 17.9. The van der Waals surface area contributed by atoms with Gasteiger partial charge in [0.2, 0.25) is 0 Å². The molecular formula is C21H15F2N3. The molecule has 0 spiro atoms. The van der Waals surface area contributed by atoms with E-state index in [-0.39, 0.29) is 17.7 Å². The van der Waals surface area contributed by atoms with Gasteiger partial charge in [0.1, 0.15) is 17.7 Å². The predicted octanol–water partition coefficient (Wildman–Crippen LogP) is 4.86. The second kappa shape index (κ2) is 6.88. The van der Waals surface area contributed by atoms with E-state index >= 15 is 0 Å². The molecule has 4 aromatic rings. The van der Waals surface area contributed by atoms with Crippen molar-refractivity contribution in [2.24, 2.45) is 0 Å². The fraction of sp³-hybridized carbons (Fsp3) is 0.0476. The third-order valence-corrected chi connectivity index (χ3v) is 4.22. The monoisotopic (exact) mass is 347 g/mol. The molecule has 0 bridgehead atoms. The predicted molar refractivity (Wildman–Crippen MR) is 95.5 cm³/mol. The van der Waals surface area contributed by atoms with Crippen molar-refractivity contribution in [2.45, 2.75) is 6.04 Å². The number of aromatic nitrogens is 3. The van der Waals surface area contributed by atoms with Gasteiger partial charge in [-0.1, -0.05) is 24.3 Å². The van der Waals surface area contributed by atoms with Crippen LogP contribution in [0.5, 0.6) is 0 Å². The van der Waals surface area contributed by atoms with Crippen LogP contribution in [0.15, 0.2) is 85.3 Å². The van der Waals surface area contributed by atoms with Crippen LogP contribution in [0.2, 0.25) is 0 Å². The number of pyridine rings is 1.